The number of anilines is 1. The highest BCUT2D eigenvalue weighted by Gasteiger charge is 2.33. The number of ether oxygens (including phenoxy) is 1. The Hall–Kier alpha value is -1.39. The van der Waals surface area contributed by atoms with E-state index >= 15 is 0 Å². The standard InChI is InChI=1S/C15H20N2O2/c1-15(9-16-10-15)19-8-14(18)17-13-6-5-11-3-2-4-12(11)7-13/h5-7,16H,2-4,8-10H2,1H3,(H,17,18). The van der Waals surface area contributed by atoms with E-state index in [-0.39, 0.29) is 18.1 Å². The molecule has 0 unspecified atom stereocenters. The third-order valence-electron chi connectivity index (χ3n) is 3.93. The highest BCUT2D eigenvalue weighted by Crippen LogP contribution is 2.25. The summed E-state index contributed by atoms with van der Waals surface area (Å²) in [7, 11) is 0. The second kappa shape index (κ2) is 4.94. The molecule has 4 heteroatoms. The van der Waals surface area contributed by atoms with Crippen molar-refractivity contribution in [3.05, 3.63) is 29.3 Å². The number of benzene rings is 1. The predicted molar refractivity (Wildman–Crippen MR) is 74.3 cm³/mol. The summed E-state index contributed by atoms with van der Waals surface area (Å²) in [5.41, 5.74) is 3.50. The normalized spacial score (nSPS) is 19.6. The molecular weight excluding hydrogens is 240 g/mol. The summed E-state index contributed by atoms with van der Waals surface area (Å²) in [6, 6.07) is 6.19. The second-order valence-electron chi connectivity index (χ2n) is 5.73. The lowest BCUT2D eigenvalue weighted by atomic mass is 10.0. The van der Waals surface area contributed by atoms with Crippen LogP contribution in [0.15, 0.2) is 18.2 Å². The number of rotatable bonds is 4. The van der Waals surface area contributed by atoms with Gasteiger partial charge in [0.1, 0.15) is 6.61 Å². The van der Waals surface area contributed by atoms with Crippen molar-refractivity contribution >= 4 is 11.6 Å². The molecule has 2 aliphatic rings. The lowest BCUT2D eigenvalue weighted by Gasteiger charge is -2.38. The minimum atomic E-state index is -0.171. The fraction of sp³-hybridized carbons (Fsp3) is 0.533. The summed E-state index contributed by atoms with van der Waals surface area (Å²) in [4.78, 5) is 11.8. The Morgan fingerprint density at radius 3 is 2.89 bits per heavy atom. The van der Waals surface area contributed by atoms with Crippen LogP contribution in [0, 0.1) is 0 Å². The molecule has 3 rings (SSSR count). The third-order valence-corrected chi connectivity index (χ3v) is 3.93. The van der Waals surface area contributed by atoms with E-state index in [0.717, 1.165) is 31.6 Å². The number of aryl methyl sites for hydroxylation is 2. The van der Waals surface area contributed by atoms with E-state index in [1.807, 2.05) is 13.0 Å². The van der Waals surface area contributed by atoms with Crippen LogP contribution in [0.3, 0.4) is 0 Å². The van der Waals surface area contributed by atoms with Gasteiger partial charge >= 0.3 is 0 Å². The molecule has 0 bridgehead atoms. The first kappa shape index (κ1) is 12.6. The summed E-state index contributed by atoms with van der Waals surface area (Å²) in [5, 5.41) is 6.05. The molecule has 0 atom stereocenters. The zero-order valence-corrected chi connectivity index (χ0v) is 11.3. The average Bonchev–Trinajstić information content (AvgIpc) is 2.81. The number of carbonyl (C=O) groups excluding carboxylic acids is 1. The van der Waals surface area contributed by atoms with Gasteiger partial charge in [-0.2, -0.15) is 0 Å². The summed E-state index contributed by atoms with van der Waals surface area (Å²) in [6.45, 7) is 3.78. The molecule has 0 aromatic heterocycles. The maximum atomic E-state index is 11.8. The fourth-order valence-electron chi connectivity index (χ4n) is 2.67. The molecule has 0 saturated carbocycles. The molecule has 1 fully saturated rings. The van der Waals surface area contributed by atoms with Gasteiger partial charge in [-0.25, -0.2) is 0 Å². The lowest BCUT2D eigenvalue weighted by molar-refractivity contribution is -0.130. The summed E-state index contributed by atoms with van der Waals surface area (Å²) < 4.78 is 5.62. The molecule has 2 N–H and O–H groups in total. The SMILES string of the molecule is CC1(OCC(=O)Nc2ccc3c(c2)CCC3)CNC1. The van der Waals surface area contributed by atoms with Crippen LogP contribution in [0.25, 0.3) is 0 Å². The Morgan fingerprint density at radius 2 is 2.16 bits per heavy atom. The minimum Gasteiger partial charge on any atom is -0.363 e. The van der Waals surface area contributed by atoms with E-state index in [1.165, 1.54) is 17.5 Å². The van der Waals surface area contributed by atoms with Crippen molar-refractivity contribution in [3.63, 3.8) is 0 Å². The van der Waals surface area contributed by atoms with Crippen LogP contribution in [0.1, 0.15) is 24.5 Å². The number of carbonyl (C=O) groups is 1. The van der Waals surface area contributed by atoms with E-state index < -0.39 is 0 Å². The molecule has 4 nitrogen and oxygen atoms in total. The van der Waals surface area contributed by atoms with Crippen LogP contribution >= 0.6 is 0 Å². The second-order valence-corrected chi connectivity index (χ2v) is 5.73. The molecule has 102 valence electrons. The van der Waals surface area contributed by atoms with Crippen molar-refractivity contribution in [3.8, 4) is 0 Å². The average molecular weight is 260 g/mol. The maximum Gasteiger partial charge on any atom is 0.250 e. The van der Waals surface area contributed by atoms with Crippen molar-refractivity contribution in [1.29, 1.82) is 0 Å². The zero-order valence-electron chi connectivity index (χ0n) is 11.3. The minimum absolute atomic E-state index is 0.0777. The van der Waals surface area contributed by atoms with Gasteiger partial charge in [-0.3, -0.25) is 4.79 Å². The molecule has 1 aliphatic carbocycles. The number of amides is 1. The molecule has 1 aromatic carbocycles. The Labute approximate surface area is 113 Å². The summed E-state index contributed by atoms with van der Waals surface area (Å²) >= 11 is 0. The molecule has 1 saturated heterocycles. The first-order valence-corrected chi connectivity index (χ1v) is 6.91. The van der Waals surface area contributed by atoms with Crippen LogP contribution in [0.4, 0.5) is 5.69 Å². The topological polar surface area (TPSA) is 50.4 Å². The molecule has 1 heterocycles. The van der Waals surface area contributed by atoms with Gasteiger partial charge < -0.3 is 15.4 Å². The number of nitrogens with one attached hydrogen (secondary N) is 2. The number of hydrogen-bond acceptors (Lipinski definition) is 3. The van der Waals surface area contributed by atoms with Crippen LogP contribution in [-0.2, 0) is 22.4 Å². The van der Waals surface area contributed by atoms with E-state index in [0.29, 0.717) is 0 Å². The Kier molecular flexibility index (Phi) is 3.29. The van der Waals surface area contributed by atoms with Crippen molar-refractivity contribution in [2.75, 3.05) is 25.0 Å². The van der Waals surface area contributed by atoms with E-state index in [1.54, 1.807) is 0 Å². The molecule has 1 aliphatic heterocycles. The lowest BCUT2D eigenvalue weighted by Crippen LogP contribution is -2.59. The predicted octanol–water partition coefficient (Wildman–Crippen LogP) is 1.49. The summed E-state index contributed by atoms with van der Waals surface area (Å²) in [5.74, 6) is -0.0777. The quantitative estimate of drug-likeness (QED) is 0.862. The van der Waals surface area contributed by atoms with Crippen LogP contribution in [0.2, 0.25) is 0 Å². The van der Waals surface area contributed by atoms with Gasteiger partial charge in [-0.05, 0) is 49.4 Å². The van der Waals surface area contributed by atoms with Gasteiger partial charge in [0.25, 0.3) is 0 Å². The van der Waals surface area contributed by atoms with Crippen molar-refractivity contribution in [1.82, 2.24) is 5.32 Å². The van der Waals surface area contributed by atoms with Gasteiger partial charge in [0.2, 0.25) is 5.91 Å². The van der Waals surface area contributed by atoms with Crippen molar-refractivity contribution < 1.29 is 9.53 Å². The van der Waals surface area contributed by atoms with Crippen molar-refractivity contribution in [2.24, 2.45) is 0 Å². The first-order valence-electron chi connectivity index (χ1n) is 6.91. The fourth-order valence-corrected chi connectivity index (χ4v) is 2.67. The monoisotopic (exact) mass is 260 g/mol. The molecule has 19 heavy (non-hydrogen) atoms. The Bertz CT molecular complexity index is 495. The first-order chi connectivity index (χ1) is 9.15. The maximum absolute atomic E-state index is 11.8. The van der Waals surface area contributed by atoms with Crippen LogP contribution in [-0.4, -0.2) is 31.2 Å². The molecular formula is C15H20N2O2. The molecule has 0 radical (unpaired) electrons. The molecule has 1 amide bonds. The number of fused-ring (bicyclic) bond motifs is 1. The van der Waals surface area contributed by atoms with Gasteiger partial charge in [0.15, 0.2) is 0 Å². The van der Waals surface area contributed by atoms with Gasteiger partial charge in [0.05, 0.1) is 5.60 Å². The van der Waals surface area contributed by atoms with Crippen LogP contribution in [0.5, 0.6) is 0 Å². The highest BCUT2D eigenvalue weighted by molar-refractivity contribution is 5.91. The van der Waals surface area contributed by atoms with Crippen molar-refractivity contribution in [2.45, 2.75) is 31.8 Å². The van der Waals surface area contributed by atoms with Crippen LogP contribution < -0.4 is 10.6 Å². The van der Waals surface area contributed by atoms with E-state index in [4.69, 9.17) is 4.74 Å². The van der Waals surface area contributed by atoms with Gasteiger partial charge in [0, 0.05) is 18.8 Å². The highest BCUT2D eigenvalue weighted by atomic mass is 16.5. The van der Waals surface area contributed by atoms with E-state index in [9.17, 15) is 4.79 Å². The largest absolute Gasteiger partial charge is 0.363 e. The molecule has 1 aromatic rings. The zero-order chi connectivity index (χ0) is 13.3. The molecule has 0 spiro atoms. The summed E-state index contributed by atoms with van der Waals surface area (Å²) in [6.07, 6.45) is 3.51. The van der Waals surface area contributed by atoms with Gasteiger partial charge in [-0.15, -0.1) is 0 Å². The van der Waals surface area contributed by atoms with Gasteiger partial charge in [-0.1, -0.05) is 6.07 Å². The third kappa shape index (κ3) is 2.80. The Balaban J connectivity index is 1.54. The number of hydrogen-bond donors (Lipinski definition) is 2. The Morgan fingerprint density at radius 1 is 1.37 bits per heavy atom. The smallest absolute Gasteiger partial charge is 0.250 e. The van der Waals surface area contributed by atoms with E-state index in [2.05, 4.69) is 22.8 Å².